The molecule has 2 N–H and O–H groups in total. The Hall–Kier alpha value is -3.33. The zero-order valence-corrected chi connectivity index (χ0v) is 19.0. The standard InChI is InChI=1S/C23H29N7O2/c1-23(2)14-29(10-8-25-23)19-5-7-24-21-16(19)6-9-30(21)22(31)26-18-11-15-13-28(3)27-17(15)12-20(18)32-4/h5,7,11-13,25H,6,8-10,14H2,1-4H3,(H,26,31). The summed E-state index contributed by atoms with van der Waals surface area (Å²) < 4.78 is 7.25. The van der Waals surface area contributed by atoms with E-state index in [9.17, 15) is 4.79 Å². The highest BCUT2D eigenvalue weighted by atomic mass is 16.5. The number of fused-ring (bicyclic) bond motifs is 2. The van der Waals surface area contributed by atoms with Gasteiger partial charge in [-0.3, -0.25) is 9.58 Å². The number of carbonyl (C=O) groups is 1. The van der Waals surface area contributed by atoms with Crippen molar-refractivity contribution in [1.29, 1.82) is 0 Å². The van der Waals surface area contributed by atoms with Crippen molar-refractivity contribution in [1.82, 2.24) is 20.1 Å². The fourth-order valence-electron chi connectivity index (χ4n) is 4.74. The van der Waals surface area contributed by atoms with E-state index in [1.807, 2.05) is 25.4 Å². The lowest BCUT2D eigenvalue weighted by Crippen LogP contribution is -2.57. The summed E-state index contributed by atoms with van der Waals surface area (Å²) >= 11 is 0. The van der Waals surface area contributed by atoms with E-state index in [-0.39, 0.29) is 11.6 Å². The van der Waals surface area contributed by atoms with Crippen molar-refractivity contribution in [2.75, 3.05) is 48.4 Å². The topological polar surface area (TPSA) is 87.5 Å². The minimum Gasteiger partial charge on any atom is -0.494 e. The molecule has 2 amide bonds. The number of hydrogen-bond donors (Lipinski definition) is 2. The number of pyridine rings is 1. The smallest absolute Gasteiger partial charge is 0.327 e. The van der Waals surface area contributed by atoms with E-state index in [4.69, 9.17) is 4.74 Å². The lowest BCUT2D eigenvalue weighted by atomic mass is 10.0. The first-order valence-corrected chi connectivity index (χ1v) is 10.9. The molecular formula is C23H29N7O2. The molecule has 9 heteroatoms. The van der Waals surface area contributed by atoms with Gasteiger partial charge in [0, 0.05) is 73.9 Å². The largest absolute Gasteiger partial charge is 0.494 e. The van der Waals surface area contributed by atoms with Crippen LogP contribution in [0.25, 0.3) is 10.9 Å². The van der Waals surface area contributed by atoms with Crippen LogP contribution in [0.3, 0.4) is 0 Å². The van der Waals surface area contributed by atoms with Gasteiger partial charge in [0.25, 0.3) is 0 Å². The fourth-order valence-corrected chi connectivity index (χ4v) is 4.74. The maximum atomic E-state index is 13.3. The molecule has 3 aromatic rings. The predicted octanol–water partition coefficient (Wildman–Crippen LogP) is 2.76. The predicted molar refractivity (Wildman–Crippen MR) is 126 cm³/mol. The van der Waals surface area contributed by atoms with Crippen LogP contribution in [0.5, 0.6) is 5.75 Å². The van der Waals surface area contributed by atoms with Crippen LogP contribution in [0.1, 0.15) is 19.4 Å². The first-order chi connectivity index (χ1) is 15.3. The average Bonchev–Trinajstić information content (AvgIpc) is 3.34. The summed E-state index contributed by atoms with van der Waals surface area (Å²) in [4.78, 5) is 21.9. The number of nitrogens with zero attached hydrogens (tertiary/aromatic N) is 5. The van der Waals surface area contributed by atoms with E-state index in [0.717, 1.165) is 48.3 Å². The summed E-state index contributed by atoms with van der Waals surface area (Å²) in [7, 11) is 3.46. The number of hydrogen-bond acceptors (Lipinski definition) is 6. The van der Waals surface area contributed by atoms with Crippen molar-refractivity contribution in [2.45, 2.75) is 25.8 Å². The van der Waals surface area contributed by atoms with E-state index < -0.39 is 0 Å². The number of benzene rings is 1. The zero-order valence-electron chi connectivity index (χ0n) is 19.0. The first kappa shape index (κ1) is 20.6. The Morgan fingerprint density at radius 3 is 2.91 bits per heavy atom. The van der Waals surface area contributed by atoms with E-state index >= 15 is 0 Å². The highest BCUT2D eigenvalue weighted by molar-refractivity contribution is 6.05. The van der Waals surface area contributed by atoms with Crippen LogP contribution in [0.15, 0.2) is 30.6 Å². The first-order valence-electron chi connectivity index (χ1n) is 10.9. The Labute approximate surface area is 187 Å². The lowest BCUT2D eigenvalue weighted by molar-refractivity contribution is 0.257. The number of nitrogens with one attached hydrogen (secondary N) is 2. The molecule has 1 saturated heterocycles. The van der Waals surface area contributed by atoms with Gasteiger partial charge in [-0.25, -0.2) is 9.78 Å². The molecule has 5 rings (SSSR count). The number of aromatic nitrogens is 3. The molecule has 0 atom stereocenters. The van der Waals surface area contributed by atoms with Crippen LogP contribution in [0.2, 0.25) is 0 Å². The zero-order chi connectivity index (χ0) is 22.5. The van der Waals surface area contributed by atoms with E-state index in [1.165, 1.54) is 5.69 Å². The average molecular weight is 436 g/mol. The minimum absolute atomic E-state index is 0.0472. The molecule has 32 heavy (non-hydrogen) atoms. The van der Waals surface area contributed by atoms with Gasteiger partial charge in [0.2, 0.25) is 0 Å². The van der Waals surface area contributed by atoms with Crippen molar-refractivity contribution in [2.24, 2.45) is 7.05 Å². The van der Waals surface area contributed by atoms with Gasteiger partial charge >= 0.3 is 6.03 Å². The summed E-state index contributed by atoms with van der Waals surface area (Å²) in [5.41, 5.74) is 3.79. The highest BCUT2D eigenvalue weighted by Crippen LogP contribution is 2.36. The lowest BCUT2D eigenvalue weighted by Gasteiger charge is -2.41. The summed E-state index contributed by atoms with van der Waals surface area (Å²) in [6, 6.07) is 5.59. The maximum absolute atomic E-state index is 13.3. The summed E-state index contributed by atoms with van der Waals surface area (Å²) in [6.45, 7) is 7.81. The monoisotopic (exact) mass is 435 g/mol. The Kier molecular flexibility index (Phi) is 4.93. The molecule has 2 aliphatic rings. The van der Waals surface area contributed by atoms with Gasteiger partial charge in [0.05, 0.1) is 18.3 Å². The molecule has 168 valence electrons. The van der Waals surface area contributed by atoms with Gasteiger partial charge in [-0.05, 0) is 32.4 Å². The second kappa shape index (κ2) is 7.67. The Balaban J connectivity index is 1.41. The molecule has 0 saturated carbocycles. The van der Waals surface area contributed by atoms with E-state index in [1.54, 1.807) is 22.9 Å². The third kappa shape index (κ3) is 3.62. The van der Waals surface area contributed by atoms with Crippen molar-refractivity contribution in [3.8, 4) is 5.75 Å². The SMILES string of the molecule is COc1cc2nn(C)cc2cc1NC(=O)N1CCc2c(N3CCNC(C)(C)C3)ccnc21. The number of piperazine rings is 1. The van der Waals surface area contributed by atoms with E-state index in [0.29, 0.717) is 18.0 Å². The second-order valence-corrected chi connectivity index (χ2v) is 9.11. The minimum atomic E-state index is -0.212. The Bertz CT molecular complexity index is 1190. The molecule has 0 radical (unpaired) electrons. The van der Waals surface area contributed by atoms with Gasteiger partial charge in [-0.15, -0.1) is 0 Å². The van der Waals surface area contributed by atoms with Gasteiger partial charge in [-0.2, -0.15) is 5.10 Å². The summed E-state index contributed by atoms with van der Waals surface area (Å²) in [6.07, 6.45) is 4.50. The molecular weight excluding hydrogens is 406 g/mol. The van der Waals surface area contributed by atoms with Crippen LogP contribution in [-0.2, 0) is 13.5 Å². The van der Waals surface area contributed by atoms with Crippen LogP contribution in [0.4, 0.5) is 22.0 Å². The van der Waals surface area contributed by atoms with Crippen molar-refractivity contribution < 1.29 is 9.53 Å². The molecule has 0 bridgehead atoms. The third-order valence-electron chi connectivity index (χ3n) is 6.19. The van der Waals surface area contributed by atoms with Crippen LogP contribution in [0, 0.1) is 0 Å². The quantitative estimate of drug-likeness (QED) is 0.658. The molecule has 0 aliphatic carbocycles. The number of ether oxygens (including phenoxy) is 1. The second-order valence-electron chi connectivity index (χ2n) is 9.11. The molecule has 9 nitrogen and oxygen atoms in total. The molecule has 2 aromatic heterocycles. The number of methoxy groups -OCH3 is 1. The number of carbonyl (C=O) groups excluding carboxylic acids is 1. The van der Waals surface area contributed by atoms with Crippen LogP contribution >= 0.6 is 0 Å². The molecule has 1 aromatic carbocycles. The molecule has 0 spiro atoms. The van der Waals surface area contributed by atoms with Gasteiger partial charge in [0.15, 0.2) is 0 Å². The summed E-state index contributed by atoms with van der Waals surface area (Å²) in [5.74, 6) is 1.31. The number of urea groups is 1. The van der Waals surface area contributed by atoms with Crippen molar-refractivity contribution in [3.05, 3.63) is 36.2 Å². The molecule has 2 aliphatic heterocycles. The third-order valence-corrected chi connectivity index (χ3v) is 6.19. The molecule has 1 fully saturated rings. The number of aryl methyl sites for hydroxylation is 1. The Morgan fingerprint density at radius 1 is 1.28 bits per heavy atom. The molecule has 4 heterocycles. The number of anilines is 3. The highest BCUT2D eigenvalue weighted by Gasteiger charge is 2.32. The molecule has 0 unspecified atom stereocenters. The van der Waals surface area contributed by atoms with Crippen LogP contribution < -0.4 is 25.2 Å². The normalized spacial score (nSPS) is 17.5. The van der Waals surface area contributed by atoms with Gasteiger partial charge in [-0.1, -0.05) is 0 Å². The van der Waals surface area contributed by atoms with Crippen LogP contribution in [-0.4, -0.2) is 59.6 Å². The summed E-state index contributed by atoms with van der Waals surface area (Å²) in [5, 5.41) is 11.9. The maximum Gasteiger partial charge on any atom is 0.327 e. The van der Waals surface area contributed by atoms with Gasteiger partial charge < -0.3 is 20.3 Å². The number of rotatable bonds is 3. The fraction of sp³-hybridized carbons (Fsp3) is 0.435. The van der Waals surface area contributed by atoms with E-state index in [2.05, 4.69) is 45.5 Å². The number of amides is 2. The Morgan fingerprint density at radius 2 is 2.12 bits per heavy atom. The van der Waals surface area contributed by atoms with Gasteiger partial charge in [0.1, 0.15) is 11.6 Å². The van der Waals surface area contributed by atoms with Crippen molar-refractivity contribution in [3.63, 3.8) is 0 Å². The van der Waals surface area contributed by atoms with Crippen molar-refractivity contribution >= 4 is 34.1 Å².